The van der Waals surface area contributed by atoms with E-state index in [2.05, 4.69) is 24.1 Å². The Hall–Kier alpha value is -0.270. The number of nitrogens with one attached hydrogen (secondary N) is 1. The van der Waals surface area contributed by atoms with Crippen molar-refractivity contribution < 1.29 is 13.2 Å². The van der Waals surface area contributed by atoms with Crippen molar-refractivity contribution in [1.29, 1.82) is 0 Å². The molecule has 0 aliphatic carbocycles. The first-order valence-corrected chi connectivity index (χ1v) is 11.0. The van der Waals surface area contributed by atoms with Gasteiger partial charge in [-0.3, -0.25) is 4.79 Å². The van der Waals surface area contributed by atoms with E-state index in [1.807, 2.05) is 0 Å². The van der Waals surface area contributed by atoms with E-state index in [-0.39, 0.29) is 22.7 Å². The summed E-state index contributed by atoms with van der Waals surface area (Å²) in [5.74, 6) is 2.37. The number of carbonyl (C=O) groups excluding carboxylic acids is 1. The molecule has 1 N–H and O–H groups in total. The lowest BCUT2D eigenvalue weighted by atomic mass is 9.92. The first-order valence-electron chi connectivity index (χ1n) is 8.15. The molecular weight excluding hydrogens is 320 g/mol. The topological polar surface area (TPSA) is 66.5 Å². The quantitative estimate of drug-likeness (QED) is 0.776. The van der Waals surface area contributed by atoms with Gasteiger partial charge in [0.05, 0.1) is 17.3 Å². The maximum atomic E-state index is 11.8. The molecule has 2 aliphatic rings. The van der Waals surface area contributed by atoms with Crippen LogP contribution in [0.15, 0.2) is 0 Å². The summed E-state index contributed by atoms with van der Waals surface area (Å²) in [5.41, 5.74) is 0. The van der Waals surface area contributed by atoms with Gasteiger partial charge in [-0.15, -0.1) is 11.8 Å². The van der Waals surface area contributed by atoms with E-state index in [1.54, 1.807) is 0 Å². The van der Waals surface area contributed by atoms with Crippen LogP contribution in [0.4, 0.5) is 0 Å². The molecule has 128 valence electrons. The molecule has 3 unspecified atom stereocenters. The molecule has 5 nitrogen and oxygen atoms in total. The smallest absolute Gasteiger partial charge is 0.230 e. The van der Waals surface area contributed by atoms with Crippen LogP contribution in [0.2, 0.25) is 0 Å². The van der Waals surface area contributed by atoms with E-state index in [0.29, 0.717) is 18.7 Å². The van der Waals surface area contributed by atoms with Crippen LogP contribution in [0.25, 0.3) is 0 Å². The average molecular weight is 349 g/mol. The monoisotopic (exact) mass is 348 g/mol. The number of sulfone groups is 1. The molecule has 0 aromatic heterocycles. The molecule has 0 spiro atoms. The zero-order chi connectivity index (χ0) is 16.2. The number of thioether (sulfide) groups is 1. The van der Waals surface area contributed by atoms with Gasteiger partial charge in [0.2, 0.25) is 5.91 Å². The lowest BCUT2D eigenvalue weighted by Gasteiger charge is -2.34. The van der Waals surface area contributed by atoms with Crippen LogP contribution in [0.1, 0.15) is 26.7 Å². The van der Waals surface area contributed by atoms with E-state index in [4.69, 9.17) is 0 Å². The number of piperidine rings is 1. The van der Waals surface area contributed by atoms with Crippen molar-refractivity contribution in [3.8, 4) is 0 Å². The lowest BCUT2D eigenvalue weighted by Crippen LogP contribution is -2.43. The summed E-state index contributed by atoms with van der Waals surface area (Å²) in [6, 6.07) is 0. The molecule has 0 bridgehead atoms. The van der Waals surface area contributed by atoms with Gasteiger partial charge in [-0.1, -0.05) is 13.8 Å². The highest BCUT2D eigenvalue weighted by Crippen LogP contribution is 2.24. The third kappa shape index (κ3) is 6.08. The van der Waals surface area contributed by atoms with Crippen molar-refractivity contribution in [3.05, 3.63) is 0 Å². The normalized spacial score (nSPS) is 32.0. The van der Waals surface area contributed by atoms with Gasteiger partial charge in [0, 0.05) is 31.4 Å². The number of hydrogen-bond acceptors (Lipinski definition) is 5. The van der Waals surface area contributed by atoms with Crippen LogP contribution in [0, 0.1) is 11.8 Å². The van der Waals surface area contributed by atoms with Crippen molar-refractivity contribution in [2.75, 3.05) is 43.4 Å². The number of nitrogens with zero attached hydrogens (tertiary/aromatic N) is 1. The van der Waals surface area contributed by atoms with Gasteiger partial charge in [0.15, 0.2) is 9.84 Å². The Labute approximate surface area is 138 Å². The van der Waals surface area contributed by atoms with Crippen LogP contribution in [-0.2, 0) is 14.6 Å². The van der Waals surface area contributed by atoms with Gasteiger partial charge >= 0.3 is 0 Å². The summed E-state index contributed by atoms with van der Waals surface area (Å²) in [4.78, 5) is 14.3. The molecule has 22 heavy (non-hydrogen) atoms. The molecule has 0 radical (unpaired) electrons. The molecule has 1 amide bonds. The maximum absolute atomic E-state index is 11.8. The first kappa shape index (κ1) is 18.1. The number of likely N-dealkylation sites (tertiary alicyclic amines) is 1. The van der Waals surface area contributed by atoms with Crippen molar-refractivity contribution in [2.45, 2.75) is 31.9 Å². The van der Waals surface area contributed by atoms with Crippen molar-refractivity contribution >= 4 is 27.5 Å². The minimum atomic E-state index is -2.84. The summed E-state index contributed by atoms with van der Waals surface area (Å²) in [6.07, 6.45) is 1.98. The number of hydrogen-bond donors (Lipinski definition) is 1. The molecule has 0 saturated carbocycles. The van der Waals surface area contributed by atoms with E-state index in [9.17, 15) is 13.2 Å². The summed E-state index contributed by atoms with van der Waals surface area (Å²) in [5, 5.41) is 3.05. The Morgan fingerprint density at radius 3 is 2.55 bits per heavy atom. The fourth-order valence-electron chi connectivity index (χ4n) is 3.46. The molecule has 2 saturated heterocycles. The number of amides is 1. The third-order valence-electron chi connectivity index (χ3n) is 4.34. The van der Waals surface area contributed by atoms with Crippen molar-refractivity contribution in [2.24, 2.45) is 11.8 Å². The van der Waals surface area contributed by atoms with Crippen LogP contribution < -0.4 is 5.32 Å². The molecule has 2 heterocycles. The zero-order valence-electron chi connectivity index (χ0n) is 13.6. The second kappa shape index (κ2) is 8.02. The minimum absolute atomic E-state index is 0.0207. The molecule has 0 aromatic rings. The fraction of sp³-hybridized carbons (Fsp3) is 0.933. The average Bonchev–Trinajstić information content (AvgIpc) is 2.75. The lowest BCUT2D eigenvalue weighted by molar-refractivity contribution is -0.118. The molecule has 0 aromatic carbocycles. The second-order valence-corrected chi connectivity index (χ2v) is 10.4. The standard InChI is InChI=1S/C15H28N2O3S2/c1-12-7-13(2)9-17(8-12)5-4-16-15(18)10-21-14-3-6-22(19,20)11-14/h12-14H,3-11H2,1-2H3,(H,16,18). The largest absolute Gasteiger partial charge is 0.354 e. The molecule has 7 heteroatoms. The van der Waals surface area contributed by atoms with Gasteiger partial charge in [-0.05, 0) is 24.7 Å². The van der Waals surface area contributed by atoms with Gasteiger partial charge in [-0.2, -0.15) is 0 Å². The summed E-state index contributed by atoms with van der Waals surface area (Å²) >= 11 is 1.48. The predicted octanol–water partition coefficient (Wildman–Crippen LogP) is 1.00. The number of rotatable bonds is 6. The Morgan fingerprint density at radius 2 is 1.95 bits per heavy atom. The minimum Gasteiger partial charge on any atom is -0.354 e. The van der Waals surface area contributed by atoms with E-state index < -0.39 is 9.84 Å². The summed E-state index contributed by atoms with van der Waals surface area (Å²) in [6.45, 7) is 8.40. The first-order chi connectivity index (χ1) is 10.3. The van der Waals surface area contributed by atoms with Crippen LogP contribution in [0.5, 0.6) is 0 Å². The van der Waals surface area contributed by atoms with Crippen molar-refractivity contribution in [3.63, 3.8) is 0 Å². The third-order valence-corrected chi connectivity index (χ3v) is 7.62. The van der Waals surface area contributed by atoms with E-state index in [1.165, 1.54) is 18.2 Å². The van der Waals surface area contributed by atoms with Gasteiger partial charge in [-0.25, -0.2) is 8.42 Å². The highest BCUT2D eigenvalue weighted by atomic mass is 32.2. The molecule has 2 fully saturated rings. The predicted molar refractivity (Wildman–Crippen MR) is 91.9 cm³/mol. The van der Waals surface area contributed by atoms with Crippen LogP contribution in [-0.4, -0.2) is 67.9 Å². The highest BCUT2D eigenvalue weighted by Gasteiger charge is 2.28. The van der Waals surface area contributed by atoms with E-state index >= 15 is 0 Å². The SMILES string of the molecule is CC1CC(C)CN(CCNC(=O)CSC2CCS(=O)(=O)C2)C1. The Kier molecular flexibility index (Phi) is 6.58. The Bertz CT molecular complexity index is 471. The molecular formula is C15H28N2O3S2. The number of carbonyl (C=O) groups is 1. The Morgan fingerprint density at radius 1 is 1.27 bits per heavy atom. The highest BCUT2D eigenvalue weighted by molar-refractivity contribution is 8.02. The van der Waals surface area contributed by atoms with Crippen LogP contribution in [0.3, 0.4) is 0 Å². The van der Waals surface area contributed by atoms with Gasteiger partial charge in [0.1, 0.15) is 0 Å². The van der Waals surface area contributed by atoms with Gasteiger partial charge in [0.25, 0.3) is 0 Å². The van der Waals surface area contributed by atoms with E-state index in [0.717, 1.165) is 31.5 Å². The fourth-order valence-corrected chi connectivity index (χ4v) is 6.94. The Balaban J connectivity index is 1.58. The zero-order valence-corrected chi connectivity index (χ0v) is 15.2. The van der Waals surface area contributed by atoms with Crippen LogP contribution >= 0.6 is 11.8 Å². The maximum Gasteiger partial charge on any atom is 0.230 e. The molecule has 2 rings (SSSR count). The van der Waals surface area contributed by atoms with Gasteiger partial charge < -0.3 is 10.2 Å². The molecule has 3 atom stereocenters. The second-order valence-electron chi connectivity index (χ2n) is 6.89. The molecule has 2 aliphatic heterocycles. The summed E-state index contributed by atoms with van der Waals surface area (Å²) < 4.78 is 22.7. The van der Waals surface area contributed by atoms with Crippen molar-refractivity contribution in [1.82, 2.24) is 10.2 Å². The summed E-state index contributed by atoms with van der Waals surface area (Å²) in [7, 11) is -2.84.